The van der Waals surface area contributed by atoms with Crippen LogP contribution < -0.4 is 14.8 Å². The average Bonchev–Trinajstić information content (AvgIpc) is 2.83. The zero-order chi connectivity index (χ0) is 13.8. The molecular weight excluding hydrogens is 310 g/mol. The number of ether oxygens (including phenoxy) is 2. The molecule has 0 aliphatic heterocycles. The molecule has 0 spiro atoms. The van der Waals surface area contributed by atoms with E-state index in [0.717, 1.165) is 19.3 Å². The number of rotatable bonds is 4. The first kappa shape index (κ1) is 14.2. The Hall–Kier alpha value is -1.23. The molecule has 1 aromatic rings. The third kappa shape index (κ3) is 3.03. The summed E-state index contributed by atoms with van der Waals surface area (Å²) in [6, 6.07) is 5.49. The van der Waals surface area contributed by atoms with E-state index in [-0.39, 0.29) is 11.9 Å². The lowest BCUT2D eigenvalue weighted by Gasteiger charge is -2.18. The number of halogens is 1. The molecule has 1 saturated carbocycles. The molecule has 0 aromatic heterocycles. The summed E-state index contributed by atoms with van der Waals surface area (Å²) >= 11 is 3.60. The van der Waals surface area contributed by atoms with Gasteiger partial charge < -0.3 is 14.8 Å². The van der Waals surface area contributed by atoms with Crippen molar-refractivity contribution in [3.05, 3.63) is 23.8 Å². The van der Waals surface area contributed by atoms with E-state index < -0.39 is 0 Å². The summed E-state index contributed by atoms with van der Waals surface area (Å²) in [6.07, 6.45) is 3.22. The van der Waals surface area contributed by atoms with Gasteiger partial charge in [-0.25, -0.2) is 0 Å². The van der Waals surface area contributed by atoms with Gasteiger partial charge in [0.1, 0.15) is 17.1 Å². The van der Waals surface area contributed by atoms with Crippen LogP contribution in [0, 0.1) is 0 Å². The lowest BCUT2D eigenvalue weighted by molar-refractivity contribution is 0.0932. The maximum absolute atomic E-state index is 12.4. The quantitative estimate of drug-likeness (QED) is 0.865. The van der Waals surface area contributed by atoms with Crippen molar-refractivity contribution < 1.29 is 14.3 Å². The Morgan fingerprint density at radius 2 is 1.89 bits per heavy atom. The second-order valence-corrected chi connectivity index (χ2v) is 5.74. The molecule has 0 bridgehead atoms. The lowest BCUT2D eigenvalue weighted by atomic mass is 10.1. The van der Waals surface area contributed by atoms with Crippen LogP contribution in [0.25, 0.3) is 0 Å². The first-order valence-electron chi connectivity index (χ1n) is 6.33. The minimum Gasteiger partial charge on any atom is -0.496 e. The number of carbonyl (C=O) groups excluding carboxylic acids is 1. The van der Waals surface area contributed by atoms with E-state index in [4.69, 9.17) is 9.47 Å². The molecule has 1 N–H and O–H groups in total. The molecule has 104 valence electrons. The molecule has 1 aromatic carbocycles. The molecule has 19 heavy (non-hydrogen) atoms. The third-order valence-electron chi connectivity index (χ3n) is 3.40. The summed E-state index contributed by atoms with van der Waals surface area (Å²) in [5.41, 5.74) is 0.458. The molecule has 5 heteroatoms. The minimum atomic E-state index is -0.148. The number of alkyl halides is 1. The standard InChI is InChI=1S/C14H18BrNO3/c1-18-11-7-4-8-12(19-2)13(11)14(17)16-10-6-3-5-9(10)15/h4,7-10H,3,5-6H2,1-2H3,(H,16,17). The van der Waals surface area contributed by atoms with Gasteiger partial charge in [-0.3, -0.25) is 4.79 Å². The smallest absolute Gasteiger partial charge is 0.259 e. The number of amides is 1. The Morgan fingerprint density at radius 1 is 1.26 bits per heavy atom. The fourth-order valence-electron chi connectivity index (χ4n) is 2.39. The van der Waals surface area contributed by atoms with Gasteiger partial charge in [0.15, 0.2) is 0 Å². The summed E-state index contributed by atoms with van der Waals surface area (Å²) in [6.45, 7) is 0. The SMILES string of the molecule is COc1cccc(OC)c1C(=O)NC1CCCC1Br. The van der Waals surface area contributed by atoms with E-state index in [1.807, 2.05) is 0 Å². The highest BCUT2D eigenvalue weighted by molar-refractivity contribution is 9.09. The Bertz CT molecular complexity index is 442. The van der Waals surface area contributed by atoms with Crippen molar-refractivity contribution in [3.63, 3.8) is 0 Å². The molecule has 2 rings (SSSR count). The molecule has 0 heterocycles. The Labute approximate surface area is 121 Å². The van der Waals surface area contributed by atoms with Crippen LogP contribution in [-0.2, 0) is 0 Å². The maximum atomic E-state index is 12.4. The zero-order valence-electron chi connectivity index (χ0n) is 11.1. The largest absolute Gasteiger partial charge is 0.496 e. The van der Waals surface area contributed by atoms with Gasteiger partial charge in [0, 0.05) is 10.9 Å². The third-order valence-corrected chi connectivity index (χ3v) is 4.50. The van der Waals surface area contributed by atoms with E-state index in [9.17, 15) is 4.79 Å². The summed E-state index contributed by atoms with van der Waals surface area (Å²) in [5.74, 6) is 0.910. The number of hydrogen-bond acceptors (Lipinski definition) is 3. The number of methoxy groups -OCH3 is 2. The summed E-state index contributed by atoms with van der Waals surface area (Å²) in [5, 5.41) is 3.05. The molecule has 1 aliphatic carbocycles. The first-order chi connectivity index (χ1) is 9.17. The van der Waals surface area contributed by atoms with Crippen molar-refractivity contribution in [3.8, 4) is 11.5 Å². The van der Waals surface area contributed by atoms with Gasteiger partial charge >= 0.3 is 0 Å². The van der Waals surface area contributed by atoms with Gasteiger partial charge in [-0.15, -0.1) is 0 Å². The van der Waals surface area contributed by atoms with Crippen molar-refractivity contribution >= 4 is 21.8 Å². The van der Waals surface area contributed by atoms with Crippen LogP contribution in [0.4, 0.5) is 0 Å². The van der Waals surface area contributed by atoms with Gasteiger partial charge in [0.25, 0.3) is 5.91 Å². The van der Waals surface area contributed by atoms with Crippen molar-refractivity contribution in [2.75, 3.05) is 14.2 Å². The van der Waals surface area contributed by atoms with Crippen molar-refractivity contribution in [2.24, 2.45) is 0 Å². The fraction of sp³-hybridized carbons (Fsp3) is 0.500. The fourth-order valence-corrected chi connectivity index (χ4v) is 3.11. The summed E-state index contributed by atoms with van der Waals surface area (Å²) < 4.78 is 10.5. The topological polar surface area (TPSA) is 47.6 Å². The second-order valence-electron chi connectivity index (χ2n) is 4.56. The van der Waals surface area contributed by atoms with Gasteiger partial charge in [-0.1, -0.05) is 28.4 Å². The number of benzene rings is 1. The number of hydrogen-bond donors (Lipinski definition) is 1. The first-order valence-corrected chi connectivity index (χ1v) is 7.25. The van der Waals surface area contributed by atoms with E-state index in [2.05, 4.69) is 21.2 Å². The number of carbonyl (C=O) groups is 1. The lowest BCUT2D eigenvalue weighted by Crippen LogP contribution is -2.38. The highest BCUT2D eigenvalue weighted by Crippen LogP contribution is 2.30. The molecule has 1 amide bonds. The zero-order valence-corrected chi connectivity index (χ0v) is 12.7. The molecule has 0 radical (unpaired) electrons. The Balaban J connectivity index is 2.22. The molecule has 2 unspecified atom stereocenters. The van der Waals surface area contributed by atoms with Crippen LogP contribution in [0.2, 0.25) is 0 Å². The van der Waals surface area contributed by atoms with Gasteiger partial charge in [-0.2, -0.15) is 0 Å². The highest BCUT2D eigenvalue weighted by atomic mass is 79.9. The Kier molecular flexibility index (Phi) is 4.69. The summed E-state index contributed by atoms with van der Waals surface area (Å²) in [7, 11) is 3.10. The van der Waals surface area contributed by atoms with E-state index in [1.165, 1.54) is 0 Å². The number of nitrogens with one attached hydrogen (secondary N) is 1. The Morgan fingerprint density at radius 3 is 2.37 bits per heavy atom. The van der Waals surface area contributed by atoms with Crippen LogP contribution in [0.1, 0.15) is 29.6 Å². The van der Waals surface area contributed by atoms with E-state index in [0.29, 0.717) is 21.9 Å². The van der Waals surface area contributed by atoms with Crippen LogP contribution in [-0.4, -0.2) is 31.0 Å². The van der Waals surface area contributed by atoms with Gasteiger partial charge in [0.2, 0.25) is 0 Å². The van der Waals surface area contributed by atoms with Crippen LogP contribution >= 0.6 is 15.9 Å². The molecule has 0 saturated heterocycles. The average molecular weight is 328 g/mol. The predicted molar refractivity (Wildman–Crippen MR) is 77.4 cm³/mol. The predicted octanol–water partition coefficient (Wildman–Crippen LogP) is 2.75. The van der Waals surface area contributed by atoms with Crippen molar-refractivity contribution in [2.45, 2.75) is 30.1 Å². The normalized spacial score (nSPS) is 22.1. The molecular formula is C14H18BrNO3. The van der Waals surface area contributed by atoms with Crippen LogP contribution in [0.5, 0.6) is 11.5 Å². The van der Waals surface area contributed by atoms with E-state index >= 15 is 0 Å². The monoisotopic (exact) mass is 327 g/mol. The molecule has 2 atom stereocenters. The minimum absolute atomic E-state index is 0.148. The van der Waals surface area contributed by atoms with Gasteiger partial charge in [-0.05, 0) is 25.0 Å². The molecule has 4 nitrogen and oxygen atoms in total. The molecule has 1 fully saturated rings. The van der Waals surface area contributed by atoms with E-state index in [1.54, 1.807) is 32.4 Å². The van der Waals surface area contributed by atoms with Crippen molar-refractivity contribution in [1.82, 2.24) is 5.32 Å². The van der Waals surface area contributed by atoms with Crippen molar-refractivity contribution in [1.29, 1.82) is 0 Å². The van der Waals surface area contributed by atoms with Crippen LogP contribution in [0.3, 0.4) is 0 Å². The second kappa shape index (κ2) is 6.28. The van der Waals surface area contributed by atoms with Crippen LogP contribution in [0.15, 0.2) is 18.2 Å². The highest BCUT2D eigenvalue weighted by Gasteiger charge is 2.28. The maximum Gasteiger partial charge on any atom is 0.259 e. The summed E-state index contributed by atoms with van der Waals surface area (Å²) in [4.78, 5) is 12.8. The van der Waals surface area contributed by atoms with Gasteiger partial charge in [0.05, 0.1) is 14.2 Å². The molecule has 1 aliphatic rings.